The number of nitrogens with zero attached hydrogens (tertiary/aromatic N) is 1. The number of unbranched alkanes of at least 4 members (excludes halogenated alkanes) is 2. The van der Waals surface area contributed by atoms with Gasteiger partial charge in [-0.2, -0.15) is 0 Å². The van der Waals surface area contributed by atoms with Crippen molar-refractivity contribution in [2.45, 2.75) is 70.8 Å². The third-order valence-electron chi connectivity index (χ3n) is 4.91. The van der Waals surface area contributed by atoms with Crippen LogP contribution in [0.1, 0.15) is 53.9 Å². The fourth-order valence-corrected chi connectivity index (χ4v) is 4.13. The Morgan fingerprint density at radius 1 is 1.07 bits per heavy atom. The van der Waals surface area contributed by atoms with Gasteiger partial charge in [-0.25, -0.2) is 13.1 Å². The van der Waals surface area contributed by atoms with E-state index in [0.717, 1.165) is 44.6 Å². The van der Waals surface area contributed by atoms with Crippen molar-refractivity contribution in [2.75, 3.05) is 36.4 Å². The largest absolute Gasteiger partial charge is 0.385 e. The first-order chi connectivity index (χ1) is 13.1. The van der Waals surface area contributed by atoms with E-state index in [-0.39, 0.29) is 12.2 Å². The molecule has 0 aromatic heterocycles. The van der Waals surface area contributed by atoms with E-state index in [2.05, 4.69) is 53.1 Å². The second-order valence-corrected chi connectivity index (χ2v) is 11.2. The molecule has 1 aliphatic rings. The standard InChI is InChI=1S/C21H37N3O3S/c1-17-15-24(16-18(2)27-17)20-11-9-10-19(14-20)22-12-7-6-8-13-23-28(25,26)21(3,4)5/h9-11,14,17-18,22-23H,6-8,12-13,15-16H2,1-5H3. The van der Waals surface area contributed by atoms with Crippen LogP contribution in [0.25, 0.3) is 0 Å². The van der Waals surface area contributed by atoms with Gasteiger partial charge in [0.05, 0.1) is 17.0 Å². The fraction of sp³-hybridized carbons (Fsp3) is 0.714. The van der Waals surface area contributed by atoms with E-state index in [1.165, 1.54) is 5.69 Å². The van der Waals surface area contributed by atoms with Gasteiger partial charge in [0, 0.05) is 37.6 Å². The highest BCUT2D eigenvalue weighted by Gasteiger charge is 2.28. The lowest BCUT2D eigenvalue weighted by molar-refractivity contribution is -0.00521. The molecule has 0 radical (unpaired) electrons. The molecular weight excluding hydrogens is 374 g/mol. The number of rotatable bonds is 9. The summed E-state index contributed by atoms with van der Waals surface area (Å²) >= 11 is 0. The first-order valence-electron chi connectivity index (χ1n) is 10.3. The third kappa shape index (κ3) is 6.94. The number of hydrogen-bond acceptors (Lipinski definition) is 5. The highest BCUT2D eigenvalue weighted by atomic mass is 32.2. The smallest absolute Gasteiger partial charge is 0.216 e. The lowest BCUT2D eigenvalue weighted by atomic mass is 10.2. The molecule has 1 aliphatic heterocycles. The average molecular weight is 412 g/mol. The Hall–Kier alpha value is -1.31. The van der Waals surface area contributed by atoms with Gasteiger partial charge in [-0.1, -0.05) is 12.5 Å². The Morgan fingerprint density at radius 3 is 2.36 bits per heavy atom. The zero-order chi connectivity index (χ0) is 20.8. The summed E-state index contributed by atoms with van der Waals surface area (Å²) in [7, 11) is -3.24. The van der Waals surface area contributed by atoms with E-state index < -0.39 is 14.8 Å². The molecule has 1 aromatic rings. The molecule has 160 valence electrons. The van der Waals surface area contributed by atoms with Gasteiger partial charge in [0.15, 0.2) is 0 Å². The van der Waals surface area contributed by atoms with E-state index in [1.54, 1.807) is 20.8 Å². The van der Waals surface area contributed by atoms with Crippen LogP contribution in [0, 0.1) is 0 Å². The topological polar surface area (TPSA) is 70.7 Å². The maximum atomic E-state index is 12.0. The molecule has 28 heavy (non-hydrogen) atoms. The van der Waals surface area contributed by atoms with Gasteiger partial charge in [0.1, 0.15) is 0 Å². The molecule has 2 rings (SSSR count). The van der Waals surface area contributed by atoms with Crippen LogP contribution in [0.5, 0.6) is 0 Å². The molecule has 0 spiro atoms. The second-order valence-electron chi connectivity index (χ2n) is 8.71. The molecule has 1 saturated heterocycles. The Kier molecular flexibility index (Phi) is 8.16. The van der Waals surface area contributed by atoms with Crippen molar-refractivity contribution in [3.05, 3.63) is 24.3 Å². The van der Waals surface area contributed by atoms with Gasteiger partial charge in [0.2, 0.25) is 10.0 Å². The number of ether oxygens (including phenoxy) is 1. The maximum Gasteiger partial charge on any atom is 0.216 e. The summed E-state index contributed by atoms with van der Waals surface area (Å²) in [5.74, 6) is 0. The summed E-state index contributed by atoms with van der Waals surface area (Å²) in [6.07, 6.45) is 3.33. The molecule has 2 unspecified atom stereocenters. The van der Waals surface area contributed by atoms with Crippen molar-refractivity contribution in [3.8, 4) is 0 Å². The molecule has 1 aromatic carbocycles. The molecule has 1 heterocycles. The van der Waals surface area contributed by atoms with E-state index >= 15 is 0 Å². The van der Waals surface area contributed by atoms with Crippen LogP contribution < -0.4 is 14.9 Å². The van der Waals surface area contributed by atoms with E-state index in [4.69, 9.17) is 4.74 Å². The Balaban J connectivity index is 1.70. The summed E-state index contributed by atoms with van der Waals surface area (Å²) in [5.41, 5.74) is 2.35. The Labute approximate surface area is 171 Å². The Bertz CT molecular complexity index is 706. The normalized spacial score (nSPS) is 21.0. The molecule has 1 fully saturated rings. The van der Waals surface area contributed by atoms with E-state index in [1.807, 2.05) is 0 Å². The van der Waals surface area contributed by atoms with Crippen molar-refractivity contribution in [2.24, 2.45) is 0 Å². The monoisotopic (exact) mass is 411 g/mol. The van der Waals surface area contributed by atoms with Crippen molar-refractivity contribution >= 4 is 21.4 Å². The number of nitrogens with one attached hydrogen (secondary N) is 2. The van der Waals surface area contributed by atoms with Gasteiger partial charge in [0.25, 0.3) is 0 Å². The minimum atomic E-state index is -3.24. The van der Waals surface area contributed by atoms with Crippen LogP contribution in [0.2, 0.25) is 0 Å². The third-order valence-corrected chi connectivity index (χ3v) is 7.11. The summed E-state index contributed by atoms with van der Waals surface area (Å²) in [4.78, 5) is 2.38. The predicted molar refractivity (Wildman–Crippen MR) is 118 cm³/mol. The average Bonchev–Trinajstić information content (AvgIpc) is 2.59. The van der Waals surface area contributed by atoms with Crippen LogP contribution >= 0.6 is 0 Å². The van der Waals surface area contributed by atoms with E-state index in [9.17, 15) is 8.42 Å². The maximum absolute atomic E-state index is 12.0. The van der Waals surface area contributed by atoms with Crippen LogP contribution in [-0.2, 0) is 14.8 Å². The zero-order valence-corrected chi connectivity index (χ0v) is 18.8. The van der Waals surface area contributed by atoms with Gasteiger partial charge in [-0.3, -0.25) is 0 Å². The van der Waals surface area contributed by atoms with Gasteiger partial charge in [-0.05, 0) is 65.7 Å². The quantitative estimate of drug-likeness (QED) is 0.608. The fourth-order valence-electron chi connectivity index (χ4n) is 3.28. The van der Waals surface area contributed by atoms with Crippen molar-refractivity contribution in [3.63, 3.8) is 0 Å². The summed E-state index contributed by atoms with van der Waals surface area (Å²) in [5, 5.41) is 3.48. The molecule has 0 bridgehead atoms. The molecule has 2 atom stereocenters. The molecule has 2 N–H and O–H groups in total. The van der Waals surface area contributed by atoms with Gasteiger partial charge in [-0.15, -0.1) is 0 Å². The molecular formula is C21H37N3O3S. The molecule has 7 heteroatoms. The first kappa shape index (κ1) is 23.0. The SMILES string of the molecule is CC1CN(c2cccc(NCCCCCNS(=O)(=O)C(C)(C)C)c2)CC(C)O1. The summed E-state index contributed by atoms with van der Waals surface area (Å²) in [6, 6.07) is 8.53. The number of sulfonamides is 1. The van der Waals surface area contributed by atoms with Crippen molar-refractivity contribution in [1.29, 1.82) is 0 Å². The lowest BCUT2D eigenvalue weighted by Crippen LogP contribution is -2.45. The minimum absolute atomic E-state index is 0.246. The molecule has 0 saturated carbocycles. The summed E-state index contributed by atoms with van der Waals surface area (Å²) in [6.45, 7) is 12.6. The molecule has 0 amide bonds. The van der Waals surface area contributed by atoms with E-state index in [0.29, 0.717) is 6.54 Å². The zero-order valence-electron chi connectivity index (χ0n) is 18.0. The number of hydrogen-bond donors (Lipinski definition) is 2. The van der Waals surface area contributed by atoms with Gasteiger partial charge >= 0.3 is 0 Å². The molecule has 6 nitrogen and oxygen atoms in total. The van der Waals surface area contributed by atoms with Crippen LogP contribution in [0.4, 0.5) is 11.4 Å². The highest BCUT2D eigenvalue weighted by molar-refractivity contribution is 7.90. The second kappa shape index (κ2) is 9.94. The van der Waals surface area contributed by atoms with Crippen molar-refractivity contribution < 1.29 is 13.2 Å². The minimum Gasteiger partial charge on any atom is -0.385 e. The number of morpholine rings is 1. The first-order valence-corrected chi connectivity index (χ1v) is 11.8. The van der Waals surface area contributed by atoms with Gasteiger partial charge < -0.3 is 15.0 Å². The van der Waals surface area contributed by atoms with Crippen LogP contribution in [-0.4, -0.2) is 51.6 Å². The predicted octanol–water partition coefficient (Wildman–Crippen LogP) is 3.60. The highest BCUT2D eigenvalue weighted by Crippen LogP contribution is 2.23. The number of anilines is 2. The van der Waals surface area contributed by atoms with Crippen molar-refractivity contribution in [1.82, 2.24) is 4.72 Å². The molecule has 0 aliphatic carbocycles. The summed E-state index contributed by atoms with van der Waals surface area (Å²) < 4.78 is 31.7. The Morgan fingerprint density at radius 2 is 1.71 bits per heavy atom. The number of benzene rings is 1. The van der Waals surface area contributed by atoms with Crippen LogP contribution in [0.15, 0.2) is 24.3 Å². The van der Waals surface area contributed by atoms with Crippen LogP contribution in [0.3, 0.4) is 0 Å². The lowest BCUT2D eigenvalue weighted by Gasteiger charge is -2.37.